The van der Waals surface area contributed by atoms with Crippen molar-refractivity contribution in [2.45, 2.75) is 13.5 Å². The van der Waals surface area contributed by atoms with Crippen molar-refractivity contribution in [3.8, 4) is 11.5 Å². The van der Waals surface area contributed by atoms with E-state index in [2.05, 4.69) is 6.58 Å². The molecule has 0 aliphatic rings. The standard InChI is InChI=1S/C19H19ClO4/c1-3-11-23-19(21)15-7-10-17(18(12-15)22-4-2)24-13-14-5-8-16(20)9-6-14/h3,5-10,12H,1,4,11,13H2,2H3. The topological polar surface area (TPSA) is 44.8 Å². The fourth-order valence-corrected chi connectivity index (χ4v) is 2.11. The van der Waals surface area contributed by atoms with Crippen LogP contribution in [0.5, 0.6) is 11.5 Å². The lowest BCUT2D eigenvalue weighted by Gasteiger charge is -2.13. The summed E-state index contributed by atoms with van der Waals surface area (Å²) < 4.78 is 16.4. The number of rotatable bonds is 8. The summed E-state index contributed by atoms with van der Waals surface area (Å²) in [6.07, 6.45) is 1.52. The Morgan fingerprint density at radius 1 is 1.12 bits per heavy atom. The molecule has 2 rings (SSSR count). The molecular formula is C19H19ClO4. The molecule has 0 unspecified atom stereocenters. The van der Waals surface area contributed by atoms with Crippen LogP contribution in [0.15, 0.2) is 55.1 Å². The zero-order valence-corrected chi connectivity index (χ0v) is 14.2. The summed E-state index contributed by atoms with van der Waals surface area (Å²) in [5, 5.41) is 0.677. The molecule has 0 aliphatic carbocycles. The zero-order valence-electron chi connectivity index (χ0n) is 13.5. The molecule has 0 aliphatic heterocycles. The van der Waals surface area contributed by atoms with Crippen LogP contribution in [0.1, 0.15) is 22.8 Å². The first kappa shape index (κ1) is 17.9. The summed E-state index contributed by atoms with van der Waals surface area (Å²) in [6.45, 7) is 6.38. The number of hydrogen-bond acceptors (Lipinski definition) is 4. The lowest BCUT2D eigenvalue weighted by atomic mass is 10.2. The summed E-state index contributed by atoms with van der Waals surface area (Å²) in [4.78, 5) is 11.9. The lowest BCUT2D eigenvalue weighted by molar-refractivity contribution is 0.0549. The van der Waals surface area contributed by atoms with E-state index in [-0.39, 0.29) is 6.61 Å². The van der Waals surface area contributed by atoms with Crippen molar-refractivity contribution in [1.29, 1.82) is 0 Å². The SMILES string of the molecule is C=CCOC(=O)c1ccc(OCc2ccc(Cl)cc2)c(OCC)c1. The van der Waals surface area contributed by atoms with Gasteiger partial charge in [0.2, 0.25) is 0 Å². The highest BCUT2D eigenvalue weighted by atomic mass is 35.5. The molecule has 24 heavy (non-hydrogen) atoms. The van der Waals surface area contributed by atoms with Crippen LogP contribution in [0.3, 0.4) is 0 Å². The molecule has 0 aromatic heterocycles. The zero-order chi connectivity index (χ0) is 17.4. The minimum absolute atomic E-state index is 0.164. The van der Waals surface area contributed by atoms with Gasteiger partial charge in [0.1, 0.15) is 13.2 Å². The van der Waals surface area contributed by atoms with Gasteiger partial charge in [0, 0.05) is 5.02 Å². The Kier molecular flexibility index (Phi) is 6.70. The molecule has 0 spiro atoms. The van der Waals surface area contributed by atoms with Crippen molar-refractivity contribution < 1.29 is 19.0 Å². The number of carbonyl (C=O) groups excluding carboxylic acids is 1. The van der Waals surface area contributed by atoms with Crippen LogP contribution < -0.4 is 9.47 Å². The van der Waals surface area contributed by atoms with Crippen molar-refractivity contribution in [2.24, 2.45) is 0 Å². The maximum atomic E-state index is 11.9. The molecule has 126 valence electrons. The molecule has 0 atom stereocenters. The van der Waals surface area contributed by atoms with E-state index in [0.717, 1.165) is 5.56 Å². The molecule has 4 nitrogen and oxygen atoms in total. The van der Waals surface area contributed by atoms with E-state index >= 15 is 0 Å². The number of benzene rings is 2. The maximum Gasteiger partial charge on any atom is 0.338 e. The highest BCUT2D eigenvalue weighted by molar-refractivity contribution is 6.30. The van der Waals surface area contributed by atoms with Gasteiger partial charge < -0.3 is 14.2 Å². The largest absolute Gasteiger partial charge is 0.490 e. The summed E-state index contributed by atoms with van der Waals surface area (Å²) in [6, 6.07) is 12.4. The minimum atomic E-state index is -0.430. The number of carbonyl (C=O) groups is 1. The Balaban J connectivity index is 2.11. The molecule has 0 fully saturated rings. The third-order valence-corrected chi connectivity index (χ3v) is 3.37. The van der Waals surface area contributed by atoms with Crippen LogP contribution in [0.4, 0.5) is 0 Å². The first-order valence-corrected chi connectivity index (χ1v) is 7.94. The molecular weight excluding hydrogens is 328 g/mol. The van der Waals surface area contributed by atoms with E-state index in [1.807, 2.05) is 31.2 Å². The van der Waals surface area contributed by atoms with Crippen LogP contribution >= 0.6 is 11.6 Å². The van der Waals surface area contributed by atoms with Crippen LogP contribution in [0, 0.1) is 0 Å². The van der Waals surface area contributed by atoms with E-state index < -0.39 is 5.97 Å². The lowest BCUT2D eigenvalue weighted by Crippen LogP contribution is -2.06. The Hall–Kier alpha value is -2.46. The number of hydrogen-bond donors (Lipinski definition) is 0. The van der Waals surface area contributed by atoms with Gasteiger partial charge in [0.05, 0.1) is 12.2 Å². The van der Waals surface area contributed by atoms with Gasteiger partial charge in [-0.1, -0.05) is 36.4 Å². The van der Waals surface area contributed by atoms with Crippen molar-refractivity contribution in [1.82, 2.24) is 0 Å². The highest BCUT2D eigenvalue weighted by Crippen LogP contribution is 2.29. The monoisotopic (exact) mass is 346 g/mol. The van der Waals surface area contributed by atoms with Gasteiger partial charge in [0.15, 0.2) is 11.5 Å². The van der Waals surface area contributed by atoms with E-state index in [9.17, 15) is 4.79 Å². The Bertz CT molecular complexity index is 695. The van der Waals surface area contributed by atoms with Gasteiger partial charge >= 0.3 is 5.97 Å². The molecule has 0 heterocycles. The van der Waals surface area contributed by atoms with E-state index in [0.29, 0.717) is 35.3 Å². The number of ether oxygens (including phenoxy) is 3. The summed E-state index contributed by atoms with van der Waals surface area (Å²) in [5.74, 6) is 0.631. The van der Waals surface area contributed by atoms with E-state index in [1.165, 1.54) is 6.08 Å². The van der Waals surface area contributed by atoms with Gasteiger partial charge in [-0.05, 0) is 42.8 Å². The first-order valence-electron chi connectivity index (χ1n) is 7.56. The molecule has 0 amide bonds. The van der Waals surface area contributed by atoms with Gasteiger partial charge in [-0.2, -0.15) is 0 Å². The molecule has 2 aromatic rings. The Morgan fingerprint density at radius 2 is 1.88 bits per heavy atom. The molecule has 0 saturated heterocycles. The first-order chi connectivity index (χ1) is 11.6. The number of esters is 1. The second kappa shape index (κ2) is 8.99. The van der Waals surface area contributed by atoms with Crippen LogP contribution in [-0.2, 0) is 11.3 Å². The van der Waals surface area contributed by atoms with Gasteiger partial charge in [0.25, 0.3) is 0 Å². The summed E-state index contributed by atoms with van der Waals surface area (Å²) in [5.41, 5.74) is 1.38. The maximum absolute atomic E-state index is 11.9. The molecule has 5 heteroatoms. The number of halogens is 1. The van der Waals surface area contributed by atoms with Gasteiger partial charge in [-0.3, -0.25) is 0 Å². The second-order valence-corrected chi connectivity index (χ2v) is 5.33. The second-order valence-electron chi connectivity index (χ2n) is 4.90. The summed E-state index contributed by atoms with van der Waals surface area (Å²) >= 11 is 5.87. The Labute approximate surface area is 146 Å². The molecule has 0 N–H and O–H groups in total. The van der Waals surface area contributed by atoms with Crippen molar-refractivity contribution in [2.75, 3.05) is 13.2 Å². The summed E-state index contributed by atoms with van der Waals surface area (Å²) in [7, 11) is 0. The van der Waals surface area contributed by atoms with Gasteiger partial charge in [-0.15, -0.1) is 0 Å². The minimum Gasteiger partial charge on any atom is -0.490 e. The fraction of sp³-hybridized carbons (Fsp3) is 0.211. The van der Waals surface area contributed by atoms with Crippen molar-refractivity contribution in [3.63, 3.8) is 0 Å². The molecule has 0 bridgehead atoms. The third-order valence-electron chi connectivity index (χ3n) is 3.12. The van der Waals surface area contributed by atoms with Gasteiger partial charge in [-0.25, -0.2) is 4.79 Å². The van der Waals surface area contributed by atoms with Crippen LogP contribution in [0.2, 0.25) is 5.02 Å². The third kappa shape index (κ3) is 5.03. The normalized spacial score (nSPS) is 10.1. The predicted molar refractivity (Wildman–Crippen MR) is 93.9 cm³/mol. The average molecular weight is 347 g/mol. The predicted octanol–water partition coefficient (Wildman–Crippen LogP) is 4.66. The highest BCUT2D eigenvalue weighted by Gasteiger charge is 2.12. The van der Waals surface area contributed by atoms with Crippen LogP contribution in [0.25, 0.3) is 0 Å². The van der Waals surface area contributed by atoms with Crippen LogP contribution in [-0.4, -0.2) is 19.2 Å². The van der Waals surface area contributed by atoms with E-state index in [1.54, 1.807) is 18.2 Å². The van der Waals surface area contributed by atoms with E-state index in [4.69, 9.17) is 25.8 Å². The fourth-order valence-electron chi connectivity index (χ4n) is 1.98. The quantitative estimate of drug-likeness (QED) is 0.515. The molecule has 0 radical (unpaired) electrons. The van der Waals surface area contributed by atoms with Crippen molar-refractivity contribution >= 4 is 17.6 Å². The smallest absolute Gasteiger partial charge is 0.338 e. The Morgan fingerprint density at radius 3 is 2.54 bits per heavy atom. The van der Waals surface area contributed by atoms with Crippen molar-refractivity contribution in [3.05, 3.63) is 71.3 Å². The molecule has 2 aromatic carbocycles. The molecule has 0 saturated carbocycles. The average Bonchev–Trinajstić information content (AvgIpc) is 2.60.